The van der Waals surface area contributed by atoms with Gasteiger partial charge in [-0.1, -0.05) is 103 Å². The lowest BCUT2D eigenvalue weighted by atomic mass is 9.85. The predicted octanol–water partition coefficient (Wildman–Crippen LogP) is 6.40. The number of hydrogen-bond acceptors (Lipinski definition) is 10. The van der Waals surface area contributed by atoms with E-state index in [4.69, 9.17) is 15.3 Å². The summed E-state index contributed by atoms with van der Waals surface area (Å²) in [6.45, 7) is 36.7. The second kappa shape index (κ2) is 22.3. The van der Waals surface area contributed by atoms with Gasteiger partial charge in [0.25, 0.3) is 0 Å². The third-order valence-corrected chi connectivity index (χ3v) is 5.50. The standard InChI is InChI=1S/C10H18O3.C9H15NO.C9H16O3.C8H13NO/c1-6-13-9(12)7(2)8(11)10(3,4)5;1-7(6-10)8(11)5-9(2,3)4;1-7(10)12-6-8(11)5-9(2,3)4;1-6(5-9)7(10)8(2,3)4/h8,11H,2,6H2,1,3-5H3;8,11H,1,5H2,2-4H3;5-6H2,1-4H3;7,10H,1H2,2-4H3. The van der Waals surface area contributed by atoms with Gasteiger partial charge in [-0.15, -0.1) is 0 Å². The molecule has 0 saturated carbocycles. The van der Waals surface area contributed by atoms with E-state index >= 15 is 0 Å². The minimum absolute atomic E-state index is 0.0299. The molecule has 0 rings (SSSR count). The summed E-state index contributed by atoms with van der Waals surface area (Å²) in [5.41, 5.74) is -0.0608. The highest BCUT2D eigenvalue weighted by atomic mass is 16.5. The van der Waals surface area contributed by atoms with Crippen LogP contribution in [0.5, 0.6) is 0 Å². The SMILES string of the molecule is C=C(C#N)C(O)C(C)(C)C.C=C(C#N)C(O)CC(C)(C)C.C=C(C(=O)OCC)C(O)C(C)(C)C.CC(=O)OCC(=O)CC(C)(C)C. The van der Waals surface area contributed by atoms with Gasteiger partial charge in [0.2, 0.25) is 0 Å². The van der Waals surface area contributed by atoms with Crippen molar-refractivity contribution >= 4 is 17.7 Å². The Kier molecular flexibility index (Phi) is 24.0. The third-order valence-electron chi connectivity index (χ3n) is 5.50. The zero-order valence-electron chi connectivity index (χ0n) is 31.0. The number of rotatable bonds is 9. The third kappa shape index (κ3) is 29.4. The van der Waals surface area contributed by atoms with Crippen molar-refractivity contribution in [2.75, 3.05) is 13.2 Å². The first-order valence-electron chi connectivity index (χ1n) is 15.1. The van der Waals surface area contributed by atoms with Gasteiger partial charge in [-0.2, -0.15) is 10.5 Å². The van der Waals surface area contributed by atoms with E-state index in [1.54, 1.807) is 6.92 Å². The first kappa shape index (κ1) is 49.6. The Bertz CT molecular complexity index is 1080. The van der Waals surface area contributed by atoms with E-state index in [0.29, 0.717) is 19.4 Å². The number of ether oxygens (including phenoxy) is 2. The van der Waals surface area contributed by atoms with E-state index in [0.717, 1.165) is 0 Å². The van der Waals surface area contributed by atoms with Gasteiger partial charge in [0.05, 0.1) is 53.8 Å². The molecule has 0 bridgehead atoms. The number of aliphatic hydroxyl groups is 3. The molecule has 0 saturated heterocycles. The molecule has 0 aromatic heterocycles. The Morgan fingerprint density at radius 2 is 1.13 bits per heavy atom. The first-order valence-corrected chi connectivity index (χ1v) is 15.1. The monoisotopic (exact) mass is 650 g/mol. The number of nitrogens with zero attached hydrogens (tertiary/aromatic N) is 2. The fourth-order valence-corrected chi connectivity index (χ4v) is 3.04. The van der Waals surface area contributed by atoms with Crippen molar-refractivity contribution in [1.29, 1.82) is 10.5 Å². The first-order chi connectivity index (χ1) is 20.4. The van der Waals surface area contributed by atoms with Crippen molar-refractivity contribution in [2.24, 2.45) is 21.7 Å². The van der Waals surface area contributed by atoms with Crippen molar-refractivity contribution in [3.8, 4) is 12.1 Å². The molecule has 10 heteroatoms. The van der Waals surface area contributed by atoms with E-state index in [1.807, 2.05) is 95.2 Å². The fourth-order valence-electron chi connectivity index (χ4n) is 3.04. The van der Waals surface area contributed by atoms with E-state index in [1.165, 1.54) is 6.92 Å². The highest BCUT2D eigenvalue weighted by Gasteiger charge is 2.29. The van der Waals surface area contributed by atoms with E-state index in [9.17, 15) is 29.7 Å². The molecule has 3 unspecified atom stereocenters. The fraction of sp³-hybridized carbons (Fsp3) is 0.694. The Morgan fingerprint density at radius 1 is 0.717 bits per heavy atom. The highest BCUT2D eigenvalue weighted by Crippen LogP contribution is 2.25. The van der Waals surface area contributed by atoms with Crippen LogP contribution >= 0.6 is 0 Å². The lowest BCUT2D eigenvalue weighted by Crippen LogP contribution is -2.31. The van der Waals surface area contributed by atoms with Gasteiger partial charge >= 0.3 is 11.9 Å². The topological polar surface area (TPSA) is 178 Å². The van der Waals surface area contributed by atoms with E-state index < -0.39 is 30.3 Å². The molecule has 0 aliphatic heterocycles. The summed E-state index contributed by atoms with van der Waals surface area (Å²) in [4.78, 5) is 32.6. The number of ketones is 1. The molecule has 46 heavy (non-hydrogen) atoms. The molecule has 0 fully saturated rings. The number of nitriles is 2. The summed E-state index contributed by atoms with van der Waals surface area (Å²) in [6, 6.07) is 3.67. The average molecular weight is 651 g/mol. The number of Topliss-reactive ketones (excluding diaryl/α,β-unsaturated/α-hetero) is 1. The van der Waals surface area contributed by atoms with Gasteiger partial charge in [-0.3, -0.25) is 9.59 Å². The van der Waals surface area contributed by atoms with Crippen LogP contribution in [0.4, 0.5) is 0 Å². The van der Waals surface area contributed by atoms with Crippen LogP contribution in [0.15, 0.2) is 36.5 Å². The van der Waals surface area contributed by atoms with Crippen LogP contribution in [0.3, 0.4) is 0 Å². The molecule has 264 valence electrons. The number of carbonyl (C=O) groups excluding carboxylic acids is 3. The summed E-state index contributed by atoms with van der Waals surface area (Å²) in [5, 5.41) is 45.1. The average Bonchev–Trinajstić information content (AvgIpc) is 2.87. The lowest BCUT2D eigenvalue weighted by molar-refractivity contribution is -0.146. The molecule has 0 amide bonds. The number of hydrogen-bond donors (Lipinski definition) is 3. The van der Waals surface area contributed by atoms with Crippen molar-refractivity contribution in [1.82, 2.24) is 0 Å². The second-order valence-corrected chi connectivity index (χ2v) is 15.4. The lowest BCUT2D eigenvalue weighted by Gasteiger charge is -2.26. The quantitative estimate of drug-likeness (QED) is 0.144. The maximum atomic E-state index is 11.1. The van der Waals surface area contributed by atoms with Crippen LogP contribution in [-0.2, 0) is 23.9 Å². The van der Waals surface area contributed by atoms with E-state index in [2.05, 4.69) is 24.5 Å². The Balaban J connectivity index is -0.000000257. The van der Waals surface area contributed by atoms with Gasteiger partial charge in [0.15, 0.2) is 5.78 Å². The molecule has 0 aromatic rings. The smallest absolute Gasteiger partial charge is 0.336 e. The number of aliphatic hydroxyl groups excluding tert-OH is 3. The van der Waals surface area contributed by atoms with Gasteiger partial charge in [0, 0.05) is 13.3 Å². The summed E-state index contributed by atoms with van der Waals surface area (Å²) in [6.07, 6.45) is -1.23. The minimum Gasteiger partial charge on any atom is -0.463 e. The second-order valence-electron chi connectivity index (χ2n) is 15.4. The van der Waals surface area contributed by atoms with Gasteiger partial charge in [-0.05, 0) is 35.0 Å². The minimum atomic E-state index is -0.855. The van der Waals surface area contributed by atoms with E-state index in [-0.39, 0.29) is 50.8 Å². The van der Waals surface area contributed by atoms with Crippen LogP contribution in [0.25, 0.3) is 0 Å². The molecular weight excluding hydrogens is 588 g/mol. The molecular formula is C36H62N2O8. The number of esters is 2. The normalized spacial score (nSPS) is 13.0. The highest BCUT2D eigenvalue weighted by molar-refractivity contribution is 5.89. The summed E-state index contributed by atoms with van der Waals surface area (Å²) in [7, 11) is 0. The molecule has 0 aliphatic rings. The van der Waals surface area contributed by atoms with Gasteiger partial charge in [0.1, 0.15) is 6.61 Å². The maximum Gasteiger partial charge on any atom is 0.336 e. The van der Waals surface area contributed by atoms with Crippen LogP contribution < -0.4 is 0 Å². The molecule has 3 N–H and O–H groups in total. The van der Waals surface area contributed by atoms with Crippen molar-refractivity contribution in [2.45, 2.75) is 128 Å². The maximum absolute atomic E-state index is 11.1. The zero-order valence-corrected chi connectivity index (χ0v) is 31.0. The van der Waals surface area contributed by atoms with Crippen LogP contribution in [0.1, 0.15) is 110 Å². The van der Waals surface area contributed by atoms with Crippen LogP contribution in [0.2, 0.25) is 0 Å². The van der Waals surface area contributed by atoms with Crippen LogP contribution in [-0.4, -0.2) is 64.6 Å². The van der Waals surface area contributed by atoms with Crippen molar-refractivity contribution in [3.63, 3.8) is 0 Å². The predicted molar refractivity (Wildman–Crippen MR) is 182 cm³/mol. The molecule has 0 aromatic carbocycles. The summed E-state index contributed by atoms with van der Waals surface area (Å²) in [5.74, 6) is -0.958. The zero-order chi connectivity index (χ0) is 37.9. The van der Waals surface area contributed by atoms with Gasteiger partial charge in [-0.25, -0.2) is 4.79 Å². The van der Waals surface area contributed by atoms with Crippen molar-refractivity contribution < 1.29 is 39.2 Å². The summed E-state index contributed by atoms with van der Waals surface area (Å²) < 4.78 is 9.28. The van der Waals surface area contributed by atoms with Crippen molar-refractivity contribution in [3.05, 3.63) is 36.5 Å². The molecule has 0 radical (unpaired) electrons. The van der Waals surface area contributed by atoms with Gasteiger partial charge < -0.3 is 24.8 Å². The molecule has 3 atom stereocenters. The Morgan fingerprint density at radius 3 is 1.39 bits per heavy atom. The molecule has 0 aliphatic carbocycles. The molecule has 0 spiro atoms. The Hall–Kier alpha value is -3.31. The molecule has 0 heterocycles. The molecule has 10 nitrogen and oxygen atoms in total. The Labute approximate surface area is 278 Å². The summed E-state index contributed by atoms with van der Waals surface area (Å²) >= 11 is 0. The largest absolute Gasteiger partial charge is 0.463 e. The number of carbonyl (C=O) groups is 3. The van der Waals surface area contributed by atoms with Crippen LogP contribution in [0, 0.1) is 44.3 Å².